The van der Waals surface area contributed by atoms with Gasteiger partial charge in [0.25, 0.3) is 0 Å². The number of hydrogen-bond acceptors (Lipinski definition) is 7. The van der Waals surface area contributed by atoms with Gasteiger partial charge < -0.3 is 0 Å². The zero-order chi connectivity index (χ0) is 38.7. The fraction of sp³-hybridized carbons (Fsp3) is 0.349. The predicted octanol–water partition coefficient (Wildman–Crippen LogP) is 6.91. The summed E-state index contributed by atoms with van der Waals surface area (Å²) in [6, 6.07) is 36.4. The number of nitrogens with zero attached hydrogens (tertiary/aromatic N) is 1. The Balaban J connectivity index is 1.57. The molecule has 0 radical (unpaired) electrons. The minimum absolute atomic E-state index is 0.108. The molecule has 0 spiro atoms. The molecule has 11 heteroatoms. The van der Waals surface area contributed by atoms with Gasteiger partial charge in [0.15, 0.2) is 0 Å². The van der Waals surface area contributed by atoms with Gasteiger partial charge in [-0.15, -0.1) is 0 Å². The molecule has 3 atom stereocenters. The second-order valence-corrected chi connectivity index (χ2v) is 22.8. The van der Waals surface area contributed by atoms with Gasteiger partial charge in [-0.25, -0.2) is 0 Å². The molecule has 4 aromatic carbocycles. The van der Waals surface area contributed by atoms with Crippen LogP contribution in [0.3, 0.4) is 0 Å². The van der Waals surface area contributed by atoms with E-state index >= 15 is 0 Å². The van der Waals surface area contributed by atoms with Gasteiger partial charge in [-0.1, -0.05) is 0 Å². The Kier molecular flexibility index (Phi) is 11.6. The number of methoxy groups -OCH3 is 2. The van der Waals surface area contributed by atoms with Crippen LogP contribution in [0.1, 0.15) is 55.7 Å². The third-order valence-corrected chi connectivity index (χ3v) is 17.9. The van der Waals surface area contributed by atoms with Gasteiger partial charge in [0.1, 0.15) is 0 Å². The minimum atomic E-state index is -2.43. The Bertz CT molecular complexity index is 2080. The molecule has 2 heterocycles. The number of aryl methyl sites for hydroxylation is 1. The topological polar surface area (TPSA) is 101 Å². The Morgan fingerprint density at radius 3 is 1.85 bits per heavy atom. The van der Waals surface area contributed by atoms with Crippen molar-refractivity contribution in [3.05, 3.63) is 158 Å². The number of ether oxygens (including phenoxy) is 4. The second-order valence-electron chi connectivity index (χ2n) is 15.2. The monoisotopic (exact) mass is 814 g/mol. The van der Waals surface area contributed by atoms with Crippen LogP contribution in [0.4, 0.5) is 0 Å². The molecule has 1 aliphatic rings. The molecule has 0 bridgehead atoms. The van der Waals surface area contributed by atoms with Crippen molar-refractivity contribution in [2.45, 2.75) is 74.7 Å². The van der Waals surface area contributed by atoms with Gasteiger partial charge in [0.05, 0.1) is 0 Å². The summed E-state index contributed by atoms with van der Waals surface area (Å²) < 4.78 is 34.9. The third kappa shape index (κ3) is 7.94. The Labute approximate surface area is 324 Å². The first-order valence-electron chi connectivity index (χ1n) is 18.1. The Morgan fingerprint density at radius 1 is 0.815 bits per heavy atom. The molecule has 9 nitrogen and oxygen atoms in total. The van der Waals surface area contributed by atoms with Crippen molar-refractivity contribution < 1.29 is 23.4 Å². The van der Waals surface area contributed by atoms with Crippen molar-refractivity contribution in [1.82, 2.24) is 9.55 Å². The number of aromatic nitrogens is 2. The SMILES string of the molecule is COc1ccc(C(OC[C@]2([Se]c3ccccc3)O[C@@H](n3cc(C)c(=O)[nH]c3=O)C[C@@H]2O[Si](C)(C)C(C)(C)C)(c2ccccc2)c2ccc(OC)cc2)cc1. The summed E-state index contributed by atoms with van der Waals surface area (Å²) in [7, 11) is 0.880. The van der Waals surface area contributed by atoms with E-state index in [0.717, 1.165) is 32.7 Å². The van der Waals surface area contributed by atoms with Gasteiger partial charge in [0.2, 0.25) is 0 Å². The van der Waals surface area contributed by atoms with Crippen LogP contribution < -0.4 is 25.2 Å². The molecule has 0 amide bonds. The molecule has 284 valence electrons. The molecule has 0 aliphatic carbocycles. The molecule has 1 saturated heterocycles. The Hall–Kier alpha value is -4.22. The first kappa shape index (κ1) is 39.5. The maximum absolute atomic E-state index is 13.4. The van der Waals surface area contributed by atoms with Crippen LogP contribution >= 0.6 is 0 Å². The van der Waals surface area contributed by atoms with E-state index in [0.29, 0.717) is 12.0 Å². The summed E-state index contributed by atoms with van der Waals surface area (Å²) in [5.41, 5.74) is 1.07. The average Bonchev–Trinajstić information content (AvgIpc) is 3.50. The fourth-order valence-corrected chi connectivity index (χ4v) is 10.7. The van der Waals surface area contributed by atoms with Crippen molar-refractivity contribution >= 4 is 27.7 Å². The maximum atomic E-state index is 13.4. The first-order valence-corrected chi connectivity index (χ1v) is 22.7. The molecule has 1 fully saturated rings. The van der Waals surface area contributed by atoms with Crippen molar-refractivity contribution in [1.29, 1.82) is 0 Å². The van der Waals surface area contributed by atoms with E-state index in [-0.39, 0.29) is 26.6 Å². The van der Waals surface area contributed by atoms with Crippen LogP contribution in [0.15, 0.2) is 125 Å². The number of hydrogen-bond donors (Lipinski definition) is 1. The van der Waals surface area contributed by atoms with E-state index in [2.05, 4.69) is 63.1 Å². The molecular weight excluding hydrogens is 764 g/mol. The number of H-pyrrole nitrogens is 1. The number of rotatable bonds is 13. The predicted molar refractivity (Wildman–Crippen MR) is 216 cm³/mol. The molecule has 54 heavy (non-hydrogen) atoms. The summed E-state index contributed by atoms with van der Waals surface area (Å²) in [5, 5.41) is -0.108. The van der Waals surface area contributed by atoms with E-state index in [1.165, 1.54) is 4.57 Å². The van der Waals surface area contributed by atoms with E-state index in [4.69, 9.17) is 23.4 Å². The summed E-state index contributed by atoms with van der Waals surface area (Å²) in [4.78, 5) is 28.4. The zero-order valence-corrected chi connectivity index (χ0v) is 35.0. The molecule has 1 N–H and O–H groups in total. The van der Waals surface area contributed by atoms with E-state index in [1.54, 1.807) is 27.3 Å². The molecule has 1 aliphatic heterocycles. The van der Waals surface area contributed by atoms with Gasteiger partial charge >= 0.3 is 326 Å². The van der Waals surface area contributed by atoms with Crippen LogP contribution in [0.2, 0.25) is 18.1 Å². The molecule has 5 aromatic rings. The normalized spacial score (nSPS) is 19.1. The standard InChI is InChI=1S/C43H50N2O7SeSi/c1-30-28-45(40(47)44-39(30)46)38-27-37(52-54(7,8)41(2,3)4)42(51-38,53-36-17-13-10-14-18-36)29-50-43(31-15-11-9-12-16-31,32-19-23-34(48-5)24-20-32)33-21-25-35(49-6)26-22-33/h9-26,28,37-38H,27,29H2,1-8H3,(H,44,46,47)/t37-,38+,42+/m0/s1. The van der Waals surface area contributed by atoms with Crippen molar-refractivity contribution in [2.24, 2.45) is 0 Å². The first-order chi connectivity index (χ1) is 25.7. The Morgan fingerprint density at radius 2 is 1.33 bits per heavy atom. The van der Waals surface area contributed by atoms with Crippen molar-refractivity contribution in [3.8, 4) is 11.5 Å². The quantitative estimate of drug-likeness (QED) is 0.102. The second kappa shape index (κ2) is 15.9. The van der Waals surface area contributed by atoms with Crippen LogP contribution in [0, 0.1) is 6.92 Å². The number of aromatic amines is 1. The average molecular weight is 814 g/mol. The van der Waals surface area contributed by atoms with E-state index in [9.17, 15) is 9.59 Å². The van der Waals surface area contributed by atoms with Crippen LogP contribution in [0.5, 0.6) is 11.5 Å². The van der Waals surface area contributed by atoms with Crippen molar-refractivity contribution in [3.63, 3.8) is 0 Å². The fourth-order valence-electron chi connectivity index (χ4n) is 6.58. The van der Waals surface area contributed by atoms with Crippen molar-refractivity contribution in [2.75, 3.05) is 20.8 Å². The third-order valence-electron chi connectivity index (χ3n) is 10.6. The van der Waals surface area contributed by atoms with E-state index in [1.807, 2.05) is 84.9 Å². The van der Waals surface area contributed by atoms with Crippen LogP contribution in [-0.4, -0.2) is 64.3 Å². The van der Waals surface area contributed by atoms with Crippen LogP contribution in [-0.2, 0) is 19.5 Å². The molecule has 1 aromatic heterocycles. The molecule has 6 rings (SSSR count). The summed E-state index contributed by atoms with van der Waals surface area (Å²) in [6.07, 6.45) is 0.803. The number of nitrogens with one attached hydrogen (secondary N) is 1. The molecule has 0 saturated carbocycles. The van der Waals surface area contributed by atoms with Gasteiger partial charge in [-0.2, -0.15) is 0 Å². The summed E-state index contributed by atoms with van der Waals surface area (Å²) in [6.45, 7) is 12.9. The summed E-state index contributed by atoms with van der Waals surface area (Å²) in [5.74, 6) is 1.46. The number of benzene rings is 4. The van der Waals surface area contributed by atoms with E-state index < -0.39 is 42.0 Å². The van der Waals surface area contributed by atoms with Gasteiger partial charge in [0, 0.05) is 0 Å². The van der Waals surface area contributed by atoms with Crippen LogP contribution in [0.25, 0.3) is 0 Å². The van der Waals surface area contributed by atoms with Gasteiger partial charge in [-0.05, 0) is 0 Å². The summed E-state index contributed by atoms with van der Waals surface area (Å²) >= 11 is -0.376. The molecular formula is C43H50N2O7SeSi. The van der Waals surface area contributed by atoms with Gasteiger partial charge in [-0.3, -0.25) is 0 Å². The zero-order valence-electron chi connectivity index (χ0n) is 32.3. The molecule has 0 unspecified atom stereocenters.